The van der Waals surface area contributed by atoms with Crippen molar-refractivity contribution in [2.24, 2.45) is 0 Å². The smallest absolute Gasteiger partial charge is 0.205 e. The van der Waals surface area contributed by atoms with Crippen molar-refractivity contribution in [1.82, 2.24) is 29.8 Å². The van der Waals surface area contributed by atoms with Gasteiger partial charge in [-0.15, -0.1) is 10.2 Å². The third-order valence-electron chi connectivity index (χ3n) is 3.98. The minimum Gasteiger partial charge on any atom is -0.306 e. The highest BCUT2D eigenvalue weighted by Gasteiger charge is 2.09. The van der Waals surface area contributed by atoms with Gasteiger partial charge in [-0.25, -0.2) is 9.37 Å². The highest BCUT2D eigenvalue weighted by atomic mass is 19.1. The number of aryl methyl sites for hydroxylation is 1. The lowest BCUT2D eigenvalue weighted by molar-refractivity contribution is 0.571. The Bertz CT molecular complexity index is 1010. The zero-order valence-electron chi connectivity index (χ0n) is 13.5. The fraction of sp³-hybridized carbons (Fsp3) is 0.111. The summed E-state index contributed by atoms with van der Waals surface area (Å²) in [5.74, 6) is 0.0898. The first kappa shape index (κ1) is 15.2. The second kappa shape index (κ2) is 6.27. The Balaban J connectivity index is 1.57. The molecule has 2 aromatic heterocycles. The molecule has 0 bridgehead atoms. The van der Waals surface area contributed by atoms with E-state index in [1.165, 1.54) is 16.9 Å². The number of imidazole rings is 1. The molecule has 0 aliphatic rings. The van der Waals surface area contributed by atoms with E-state index in [-0.39, 0.29) is 5.82 Å². The summed E-state index contributed by atoms with van der Waals surface area (Å²) in [7, 11) is 0. The monoisotopic (exact) mass is 334 g/mol. The Morgan fingerprint density at radius 3 is 2.80 bits per heavy atom. The van der Waals surface area contributed by atoms with Gasteiger partial charge in [-0.05, 0) is 47.5 Å². The van der Waals surface area contributed by atoms with Gasteiger partial charge in [0.15, 0.2) is 0 Å². The Morgan fingerprint density at radius 1 is 1.12 bits per heavy atom. The van der Waals surface area contributed by atoms with Crippen LogP contribution in [0, 0.1) is 12.7 Å². The number of aromatic nitrogens is 6. The molecule has 0 fully saturated rings. The van der Waals surface area contributed by atoms with Crippen LogP contribution in [0.4, 0.5) is 4.39 Å². The standard InChI is InChI=1S/C18H15FN6/c1-13-9-17(24-8-7-20-12-24)6-5-15(13)11-25-22-18(21-23-25)14-3-2-4-16(19)10-14/h2-10,12H,11H2,1H3. The normalized spacial score (nSPS) is 11.0. The van der Waals surface area contributed by atoms with Gasteiger partial charge in [0.1, 0.15) is 5.82 Å². The second-order valence-corrected chi connectivity index (χ2v) is 5.73. The first-order chi connectivity index (χ1) is 12.2. The molecule has 0 aliphatic heterocycles. The van der Waals surface area contributed by atoms with Crippen LogP contribution in [0.25, 0.3) is 17.1 Å². The van der Waals surface area contributed by atoms with E-state index in [0.29, 0.717) is 17.9 Å². The summed E-state index contributed by atoms with van der Waals surface area (Å²) in [6.45, 7) is 2.54. The summed E-state index contributed by atoms with van der Waals surface area (Å²) in [6.07, 6.45) is 5.41. The number of nitrogens with zero attached hydrogens (tertiary/aromatic N) is 6. The first-order valence-electron chi connectivity index (χ1n) is 7.81. The highest BCUT2D eigenvalue weighted by molar-refractivity contribution is 5.53. The van der Waals surface area contributed by atoms with E-state index in [9.17, 15) is 4.39 Å². The number of benzene rings is 2. The van der Waals surface area contributed by atoms with Crippen LogP contribution in [-0.2, 0) is 6.54 Å². The maximum atomic E-state index is 13.3. The van der Waals surface area contributed by atoms with Crippen molar-refractivity contribution in [2.45, 2.75) is 13.5 Å². The van der Waals surface area contributed by atoms with Crippen molar-refractivity contribution in [3.05, 3.63) is 78.1 Å². The number of hydrogen-bond acceptors (Lipinski definition) is 4. The van der Waals surface area contributed by atoms with Crippen molar-refractivity contribution < 1.29 is 4.39 Å². The van der Waals surface area contributed by atoms with E-state index in [2.05, 4.69) is 26.5 Å². The number of halogens is 1. The average molecular weight is 334 g/mol. The maximum Gasteiger partial charge on any atom is 0.205 e. The maximum absolute atomic E-state index is 13.3. The quantitative estimate of drug-likeness (QED) is 0.575. The lowest BCUT2D eigenvalue weighted by Crippen LogP contribution is -2.06. The van der Waals surface area contributed by atoms with Crippen LogP contribution in [0.2, 0.25) is 0 Å². The van der Waals surface area contributed by atoms with Gasteiger partial charge >= 0.3 is 0 Å². The van der Waals surface area contributed by atoms with Crippen molar-refractivity contribution in [3.8, 4) is 17.1 Å². The van der Waals surface area contributed by atoms with Gasteiger partial charge in [0.05, 0.1) is 12.9 Å². The van der Waals surface area contributed by atoms with E-state index in [1.807, 2.05) is 29.8 Å². The zero-order valence-corrected chi connectivity index (χ0v) is 13.5. The minimum atomic E-state index is -0.320. The Morgan fingerprint density at radius 2 is 2.04 bits per heavy atom. The molecule has 4 rings (SSSR count). The van der Waals surface area contributed by atoms with Crippen molar-refractivity contribution in [3.63, 3.8) is 0 Å². The lowest BCUT2D eigenvalue weighted by atomic mass is 10.1. The predicted molar refractivity (Wildman–Crippen MR) is 90.6 cm³/mol. The summed E-state index contributed by atoms with van der Waals surface area (Å²) < 4.78 is 15.3. The molecule has 0 aliphatic carbocycles. The number of hydrogen-bond donors (Lipinski definition) is 0. The van der Waals surface area contributed by atoms with Crippen LogP contribution in [0.3, 0.4) is 0 Å². The molecule has 0 amide bonds. The molecule has 2 aromatic carbocycles. The van der Waals surface area contributed by atoms with E-state index < -0.39 is 0 Å². The Hall–Kier alpha value is -3.35. The molecule has 0 spiro atoms. The number of rotatable bonds is 4. The lowest BCUT2D eigenvalue weighted by Gasteiger charge is -2.08. The van der Waals surface area contributed by atoms with E-state index in [0.717, 1.165) is 16.8 Å². The Kier molecular flexibility index (Phi) is 3.81. The number of tetrazole rings is 1. The van der Waals surface area contributed by atoms with Crippen LogP contribution >= 0.6 is 0 Å². The molecule has 0 saturated heterocycles. The van der Waals surface area contributed by atoms with E-state index in [4.69, 9.17) is 0 Å². The van der Waals surface area contributed by atoms with E-state index >= 15 is 0 Å². The van der Waals surface area contributed by atoms with Gasteiger partial charge in [-0.2, -0.15) is 4.80 Å². The molecule has 0 N–H and O–H groups in total. The van der Waals surface area contributed by atoms with Crippen molar-refractivity contribution in [2.75, 3.05) is 0 Å². The van der Waals surface area contributed by atoms with Gasteiger partial charge in [-0.3, -0.25) is 0 Å². The topological polar surface area (TPSA) is 61.4 Å². The zero-order chi connectivity index (χ0) is 17.2. The minimum absolute atomic E-state index is 0.320. The van der Waals surface area contributed by atoms with Crippen LogP contribution in [-0.4, -0.2) is 29.8 Å². The Labute approximate surface area is 143 Å². The molecule has 124 valence electrons. The van der Waals surface area contributed by atoms with Crippen LogP contribution in [0.15, 0.2) is 61.2 Å². The fourth-order valence-electron chi connectivity index (χ4n) is 2.64. The van der Waals surface area contributed by atoms with Gasteiger partial charge in [-0.1, -0.05) is 18.2 Å². The molecule has 2 heterocycles. The average Bonchev–Trinajstić information content (AvgIpc) is 3.28. The molecule has 0 saturated carbocycles. The van der Waals surface area contributed by atoms with E-state index in [1.54, 1.807) is 24.7 Å². The molecule has 7 heteroatoms. The molecule has 0 radical (unpaired) electrons. The first-order valence-corrected chi connectivity index (χ1v) is 7.81. The van der Waals surface area contributed by atoms with Gasteiger partial charge in [0, 0.05) is 23.6 Å². The molecular formula is C18H15FN6. The summed E-state index contributed by atoms with van der Waals surface area (Å²) in [6, 6.07) is 12.3. The molecular weight excluding hydrogens is 319 g/mol. The van der Waals surface area contributed by atoms with Crippen molar-refractivity contribution >= 4 is 0 Å². The molecule has 0 atom stereocenters. The summed E-state index contributed by atoms with van der Waals surface area (Å²) in [4.78, 5) is 5.57. The molecule has 25 heavy (non-hydrogen) atoms. The largest absolute Gasteiger partial charge is 0.306 e. The molecule has 6 nitrogen and oxygen atoms in total. The van der Waals surface area contributed by atoms with Crippen LogP contribution < -0.4 is 0 Å². The van der Waals surface area contributed by atoms with Gasteiger partial charge < -0.3 is 4.57 Å². The molecule has 0 unspecified atom stereocenters. The summed E-state index contributed by atoms with van der Waals surface area (Å²) >= 11 is 0. The molecule has 4 aromatic rings. The third kappa shape index (κ3) is 3.16. The highest BCUT2D eigenvalue weighted by Crippen LogP contribution is 2.17. The summed E-state index contributed by atoms with van der Waals surface area (Å²) in [5, 5.41) is 12.4. The summed E-state index contributed by atoms with van der Waals surface area (Å²) in [5.41, 5.74) is 3.87. The predicted octanol–water partition coefficient (Wildman–Crippen LogP) is 3.02. The second-order valence-electron chi connectivity index (χ2n) is 5.73. The fourth-order valence-corrected chi connectivity index (χ4v) is 2.64. The van der Waals surface area contributed by atoms with Crippen molar-refractivity contribution in [1.29, 1.82) is 0 Å². The van der Waals surface area contributed by atoms with Crippen LogP contribution in [0.1, 0.15) is 11.1 Å². The third-order valence-corrected chi connectivity index (χ3v) is 3.98. The SMILES string of the molecule is Cc1cc(-n2ccnc2)ccc1Cn1nnc(-c2cccc(F)c2)n1. The van der Waals surface area contributed by atoms with Crippen LogP contribution in [0.5, 0.6) is 0 Å². The van der Waals surface area contributed by atoms with Gasteiger partial charge in [0.2, 0.25) is 5.82 Å². The van der Waals surface area contributed by atoms with Gasteiger partial charge in [0.25, 0.3) is 0 Å².